The maximum atomic E-state index is 12.5. The molecule has 5 heteroatoms. The first-order valence-corrected chi connectivity index (χ1v) is 8.03. The van der Waals surface area contributed by atoms with Crippen LogP contribution in [-0.4, -0.2) is 46.9 Å². The Labute approximate surface area is 136 Å². The second-order valence-electron chi connectivity index (χ2n) is 6.14. The van der Waals surface area contributed by atoms with Crippen molar-refractivity contribution >= 4 is 5.91 Å². The highest BCUT2D eigenvalue weighted by atomic mass is 16.5. The number of hydrogen-bond donors (Lipinski definition) is 0. The lowest BCUT2D eigenvalue weighted by atomic mass is 9.87. The van der Waals surface area contributed by atoms with Gasteiger partial charge in [-0.05, 0) is 30.4 Å². The minimum atomic E-state index is -0.00851. The van der Waals surface area contributed by atoms with E-state index in [1.54, 1.807) is 24.1 Å². The first-order valence-electron chi connectivity index (χ1n) is 8.03. The molecule has 1 aromatic carbocycles. The lowest BCUT2D eigenvalue weighted by Crippen LogP contribution is -2.48. The van der Waals surface area contributed by atoms with Crippen molar-refractivity contribution in [2.75, 3.05) is 20.2 Å². The average molecular weight is 313 g/mol. The lowest BCUT2D eigenvalue weighted by molar-refractivity contribution is -0.00718. The number of nitrogens with zero attached hydrogens (tertiary/aromatic N) is 3. The average Bonchev–Trinajstić information content (AvgIpc) is 3.02. The second-order valence-corrected chi connectivity index (χ2v) is 6.14. The lowest BCUT2D eigenvalue weighted by Gasteiger charge is -2.37. The molecule has 1 amide bonds. The zero-order valence-electron chi connectivity index (χ0n) is 13.7. The summed E-state index contributed by atoms with van der Waals surface area (Å²) in [6.07, 6.45) is 3.80. The highest BCUT2D eigenvalue weighted by Gasteiger charge is 2.32. The summed E-state index contributed by atoms with van der Waals surface area (Å²) < 4.78 is 7.33. The van der Waals surface area contributed by atoms with Gasteiger partial charge in [0.15, 0.2) is 0 Å². The quantitative estimate of drug-likeness (QED) is 0.869. The van der Waals surface area contributed by atoms with Gasteiger partial charge in [0.2, 0.25) is 0 Å². The Hall–Kier alpha value is -2.14. The van der Waals surface area contributed by atoms with Crippen LogP contribution in [0.3, 0.4) is 0 Å². The first-order chi connectivity index (χ1) is 11.2. The van der Waals surface area contributed by atoms with Crippen LogP contribution in [0.1, 0.15) is 22.5 Å². The van der Waals surface area contributed by atoms with Crippen LogP contribution in [0.5, 0.6) is 0 Å². The standard InChI is InChI=1S/C18H23N3O2/c1-20-10-9-16(19-20)18(22)21-11-8-15(17(13-21)23-2)12-14-6-4-3-5-7-14/h3-7,9-10,15,17H,8,11-13H2,1-2H3/t15-,17-/m1/s1. The molecule has 3 rings (SSSR count). The molecule has 0 spiro atoms. The molecule has 0 saturated carbocycles. The molecule has 2 atom stereocenters. The summed E-state index contributed by atoms with van der Waals surface area (Å²) in [6, 6.07) is 12.2. The Morgan fingerprint density at radius 3 is 2.74 bits per heavy atom. The third-order valence-electron chi connectivity index (χ3n) is 4.56. The molecule has 0 unspecified atom stereocenters. The number of carbonyl (C=O) groups is 1. The molecule has 1 aliphatic heterocycles. The zero-order chi connectivity index (χ0) is 16.2. The first kappa shape index (κ1) is 15.7. The summed E-state index contributed by atoms with van der Waals surface area (Å²) in [7, 11) is 3.55. The highest BCUT2D eigenvalue weighted by molar-refractivity contribution is 5.92. The van der Waals surface area contributed by atoms with Crippen molar-refractivity contribution in [3.8, 4) is 0 Å². The SMILES string of the molecule is CO[C@@H]1CN(C(=O)c2ccn(C)n2)CC[C@@H]1Cc1ccccc1. The number of carbonyl (C=O) groups excluding carboxylic acids is 1. The van der Waals surface area contributed by atoms with E-state index < -0.39 is 0 Å². The molecule has 0 N–H and O–H groups in total. The molecular weight excluding hydrogens is 290 g/mol. The van der Waals surface area contributed by atoms with Gasteiger partial charge in [-0.3, -0.25) is 9.48 Å². The van der Waals surface area contributed by atoms with Gasteiger partial charge in [0, 0.05) is 33.4 Å². The fourth-order valence-corrected chi connectivity index (χ4v) is 3.26. The van der Waals surface area contributed by atoms with Gasteiger partial charge in [-0.15, -0.1) is 0 Å². The molecule has 5 nitrogen and oxygen atoms in total. The van der Waals surface area contributed by atoms with E-state index in [0.717, 1.165) is 19.4 Å². The topological polar surface area (TPSA) is 47.4 Å². The number of hydrogen-bond acceptors (Lipinski definition) is 3. The summed E-state index contributed by atoms with van der Waals surface area (Å²) in [5, 5.41) is 4.21. The number of aromatic nitrogens is 2. The zero-order valence-corrected chi connectivity index (χ0v) is 13.7. The van der Waals surface area contributed by atoms with Gasteiger partial charge >= 0.3 is 0 Å². The highest BCUT2D eigenvalue weighted by Crippen LogP contribution is 2.25. The van der Waals surface area contributed by atoms with Gasteiger partial charge in [0.05, 0.1) is 6.10 Å². The molecule has 0 bridgehead atoms. The van der Waals surface area contributed by atoms with Crippen molar-refractivity contribution in [3.63, 3.8) is 0 Å². The summed E-state index contributed by atoms with van der Waals surface area (Å²) in [6.45, 7) is 1.39. The van der Waals surface area contributed by atoms with Crippen LogP contribution in [0, 0.1) is 5.92 Å². The molecule has 23 heavy (non-hydrogen) atoms. The Bertz CT molecular complexity index is 653. The molecule has 2 heterocycles. The molecule has 122 valence electrons. The summed E-state index contributed by atoms with van der Waals surface area (Å²) >= 11 is 0. The fraction of sp³-hybridized carbons (Fsp3) is 0.444. The minimum Gasteiger partial charge on any atom is -0.379 e. The summed E-state index contributed by atoms with van der Waals surface area (Å²) in [5.41, 5.74) is 1.83. The Kier molecular flexibility index (Phi) is 4.76. The van der Waals surface area contributed by atoms with E-state index in [1.165, 1.54) is 5.56 Å². The van der Waals surface area contributed by atoms with E-state index in [4.69, 9.17) is 4.74 Å². The summed E-state index contributed by atoms with van der Waals surface area (Å²) in [4.78, 5) is 14.4. The number of likely N-dealkylation sites (tertiary alicyclic amines) is 1. The molecule has 1 saturated heterocycles. The Balaban J connectivity index is 1.65. The maximum absolute atomic E-state index is 12.5. The fourth-order valence-electron chi connectivity index (χ4n) is 3.26. The van der Waals surface area contributed by atoms with E-state index >= 15 is 0 Å². The smallest absolute Gasteiger partial charge is 0.274 e. The third kappa shape index (κ3) is 3.62. The van der Waals surface area contributed by atoms with E-state index in [0.29, 0.717) is 18.2 Å². The van der Waals surface area contributed by atoms with Crippen molar-refractivity contribution in [1.29, 1.82) is 0 Å². The Morgan fingerprint density at radius 2 is 2.09 bits per heavy atom. The molecule has 2 aromatic rings. The van der Waals surface area contributed by atoms with Gasteiger partial charge in [-0.25, -0.2) is 0 Å². The van der Waals surface area contributed by atoms with Crippen LogP contribution in [0.4, 0.5) is 0 Å². The molecule has 0 radical (unpaired) electrons. The molecule has 1 aliphatic rings. The maximum Gasteiger partial charge on any atom is 0.274 e. The number of amides is 1. The van der Waals surface area contributed by atoms with Crippen molar-refractivity contribution in [3.05, 3.63) is 53.9 Å². The van der Waals surface area contributed by atoms with Gasteiger partial charge in [0.25, 0.3) is 5.91 Å². The summed E-state index contributed by atoms with van der Waals surface area (Å²) in [5.74, 6) is 0.431. The van der Waals surface area contributed by atoms with Crippen molar-refractivity contribution in [1.82, 2.24) is 14.7 Å². The number of rotatable bonds is 4. The monoisotopic (exact) mass is 313 g/mol. The van der Waals surface area contributed by atoms with Gasteiger partial charge < -0.3 is 9.64 Å². The van der Waals surface area contributed by atoms with E-state index in [-0.39, 0.29) is 12.0 Å². The van der Waals surface area contributed by atoms with Crippen LogP contribution >= 0.6 is 0 Å². The Morgan fingerprint density at radius 1 is 1.30 bits per heavy atom. The van der Waals surface area contributed by atoms with Gasteiger partial charge in [-0.2, -0.15) is 5.10 Å². The largest absolute Gasteiger partial charge is 0.379 e. The van der Waals surface area contributed by atoms with Crippen LogP contribution in [0.15, 0.2) is 42.6 Å². The van der Waals surface area contributed by atoms with Crippen molar-refractivity contribution < 1.29 is 9.53 Å². The van der Waals surface area contributed by atoms with Crippen molar-refractivity contribution in [2.45, 2.75) is 18.9 Å². The molecular formula is C18H23N3O2. The predicted octanol–water partition coefficient (Wildman–Crippen LogP) is 2.14. The van der Waals surface area contributed by atoms with E-state index in [2.05, 4.69) is 29.4 Å². The molecule has 1 fully saturated rings. The van der Waals surface area contributed by atoms with Crippen LogP contribution < -0.4 is 0 Å². The third-order valence-corrected chi connectivity index (χ3v) is 4.56. The van der Waals surface area contributed by atoms with Crippen LogP contribution in [0.25, 0.3) is 0 Å². The number of aryl methyl sites for hydroxylation is 1. The van der Waals surface area contributed by atoms with E-state index in [1.807, 2.05) is 18.0 Å². The predicted molar refractivity (Wildman–Crippen MR) is 88.2 cm³/mol. The molecule has 0 aliphatic carbocycles. The van der Waals surface area contributed by atoms with Crippen LogP contribution in [0.2, 0.25) is 0 Å². The van der Waals surface area contributed by atoms with E-state index in [9.17, 15) is 4.79 Å². The van der Waals surface area contributed by atoms with Gasteiger partial charge in [0.1, 0.15) is 5.69 Å². The minimum absolute atomic E-state index is 0.00851. The number of benzene rings is 1. The van der Waals surface area contributed by atoms with Crippen molar-refractivity contribution in [2.24, 2.45) is 13.0 Å². The number of piperidine rings is 1. The number of ether oxygens (including phenoxy) is 1. The number of methoxy groups -OCH3 is 1. The van der Waals surface area contributed by atoms with Crippen LogP contribution in [-0.2, 0) is 18.2 Å². The second kappa shape index (κ2) is 6.96. The normalized spacial score (nSPS) is 21.4. The van der Waals surface area contributed by atoms with Gasteiger partial charge in [-0.1, -0.05) is 30.3 Å². The molecule has 1 aromatic heterocycles.